The number of rotatable bonds is 4. The van der Waals surface area contributed by atoms with Crippen LogP contribution in [-0.2, 0) is 11.8 Å². The Bertz CT molecular complexity index is 716. The number of aromatic nitrogens is 2. The highest BCUT2D eigenvalue weighted by Gasteiger charge is 2.16. The highest BCUT2D eigenvalue weighted by Crippen LogP contribution is 2.24. The number of nitrogens with zero attached hydrogens (tertiary/aromatic N) is 2. The number of benzene rings is 1. The first-order valence-corrected chi connectivity index (χ1v) is 7.17. The summed E-state index contributed by atoms with van der Waals surface area (Å²) in [6.07, 6.45) is 4.23. The number of carbonyl (C=O) groups is 1. The summed E-state index contributed by atoms with van der Waals surface area (Å²) >= 11 is 0. The summed E-state index contributed by atoms with van der Waals surface area (Å²) in [5.74, 6) is 0. The van der Waals surface area contributed by atoms with Crippen LogP contribution in [0, 0.1) is 5.41 Å². The molecule has 0 saturated carbocycles. The standard InChI is InChI=1S/C16H21N5O2/c1-16(2,3)23-15(22)20-12-6-5-11(8-17)14(7-12)19-13-9-18-21(4)10-13/h5-10,17,19H,1-4H3,(H,20,22). The van der Waals surface area contributed by atoms with Crippen LogP contribution in [-0.4, -0.2) is 27.7 Å². The van der Waals surface area contributed by atoms with Crippen molar-refractivity contribution in [1.29, 1.82) is 5.41 Å². The number of aryl methyl sites for hydroxylation is 1. The van der Waals surface area contributed by atoms with Gasteiger partial charge in [-0.2, -0.15) is 5.10 Å². The van der Waals surface area contributed by atoms with Crippen molar-refractivity contribution in [1.82, 2.24) is 9.78 Å². The molecule has 1 heterocycles. The van der Waals surface area contributed by atoms with Gasteiger partial charge in [0.15, 0.2) is 0 Å². The second-order valence-corrected chi connectivity index (χ2v) is 6.10. The number of hydrogen-bond acceptors (Lipinski definition) is 5. The van der Waals surface area contributed by atoms with Crippen LogP contribution in [0.25, 0.3) is 0 Å². The average molecular weight is 315 g/mol. The minimum Gasteiger partial charge on any atom is -0.444 e. The van der Waals surface area contributed by atoms with E-state index < -0.39 is 11.7 Å². The molecule has 0 saturated heterocycles. The summed E-state index contributed by atoms with van der Waals surface area (Å²) in [6, 6.07) is 5.22. The van der Waals surface area contributed by atoms with Crippen LogP contribution >= 0.6 is 0 Å². The quantitative estimate of drug-likeness (QED) is 0.753. The van der Waals surface area contributed by atoms with E-state index in [9.17, 15) is 4.79 Å². The van der Waals surface area contributed by atoms with Gasteiger partial charge in [-0.25, -0.2) is 4.79 Å². The molecule has 0 aliphatic carbocycles. The van der Waals surface area contributed by atoms with E-state index in [1.54, 1.807) is 49.8 Å². The van der Waals surface area contributed by atoms with Gasteiger partial charge in [0.05, 0.1) is 11.9 Å². The van der Waals surface area contributed by atoms with Crippen LogP contribution in [0.15, 0.2) is 30.6 Å². The largest absolute Gasteiger partial charge is 0.444 e. The zero-order valence-electron chi connectivity index (χ0n) is 13.7. The van der Waals surface area contributed by atoms with Crippen molar-refractivity contribution in [2.75, 3.05) is 10.6 Å². The van der Waals surface area contributed by atoms with E-state index in [0.29, 0.717) is 16.9 Å². The van der Waals surface area contributed by atoms with Gasteiger partial charge >= 0.3 is 6.09 Å². The Morgan fingerprint density at radius 1 is 1.35 bits per heavy atom. The van der Waals surface area contributed by atoms with Crippen LogP contribution in [0.3, 0.4) is 0 Å². The van der Waals surface area contributed by atoms with Crippen LogP contribution in [0.4, 0.5) is 21.9 Å². The Labute approximate surface area is 135 Å². The van der Waals surface area contributed by atoms with Gasteiger partial charge in [0.1, 0.15) is 5.60 Å². The maximum atomic E-state index is 11.8. The van der Waals surface area contributed by atoms with E-state index in [-0.39, 0.29) is 0 Å². The van der Waals surface area contributed by atoms with E-state index in [0.717, 1.165) is 5.69 Å². The van der Waals surface area contributed by atoms with Crippen LogP contribution in [0.1, 0.15) is 26.3 Å². The molecule has 0 atom stereocenters. The molecule has 2 rings (SSSR count). The molecular weight excluding hydrogens is 294 g/mol. The maximum Gasteiger partial charge on any atom is 0.412 e. The minimum atomic E-state index is -0.560. The molecule has 0 bridgehead atoms. The molecule has 7 heteroatoms. The highest BCUT2D eigenvalue weighted by atomic mass is 16.6. The monoisotopic (exact) mass is 315 g/mol. The molecule has 0 spiro atoms. The van der Waals surface area contributed by atoms with E-state index in [1.807, 2.05) is 13.2 Å². The summed E-state index contributed by atoms with van der Waals surface area (Å²) in [7, 11) is 1.82. The Kier molecular flexibility index (Phi) is 4.68. The van der Waals surface area contributed by atoms with Crippen molar-refractivity contribution >= 4 is 29.4 Å². The Morgan fingerprint density at radius 3 is 2.65 bits per heavy atom. The van der Waals surface area contributed by atoms with Gasteiger partial charge in [-0.3, -0.25) is 10.00 Å². The fourth-order valence-corrected chi connectivity index (χ4v) is 1.93. The second-order valence-electron chi connectivity index (χ2n) is 6.10. The summed E-state index contributed by atoms with van der Waals surface area (Å²) in [4.78, 5) is 11.8. The summed E-state index contributed by atoms with van der Waals surface area (Å²) in [6.45, 7) is 5.42. The van der Waals surface area contributed by atoms with Crippen molar-refractivity contribution in [2.24, 2.45) is 7.05 Å². The SMILES string of the molecule is Cn1cc(Nc2cc(NC(=O)OC(C)(C)C)ccc2C=N)cn1. The fourth-order valence-electron chi connectivity index (χ4n) is 1.93. The van der Waals surface area contributed by atoms with Crippen LogP contribution < -0.4 is 10.6 Å². The summed E-state index contributed by atoms with van der Waals surface area (Å²) in [5, 5.41) is 17.4. The molecule has 1 aromatic carbocycles. The lowest BCUT2D eigenvalue weighted by Crippen LogP contribution is -2.27. The predicted octanol–water partition coefficient (Wildman–Crippen LogP) is 3.51. The molecule has 2 aromatic rings. The number of anilines is 3. The maximum absolute atomic E-state index is 11.8. The van der Waals surface area contributed by atoms with Gasteiger partial charge in [0, 0.05) is 36.4 Å². The third kappa shape index (κ3) is 4.84. The molecule has 0 aliphatic rings. The third-order valence-electron chi connectivity index (χ3n) is 2.84. The van der Waals surface area contributed by atoms with Gasteiger partial charge in [0.2, 0.25) is 0 Å². The van der Waals surface area contributed by atoms with Crippen LogP contribution in [0.2, 0.25) is 0 Å². The van der Waals surface area contributed by atoms with Gasteiger partial charge in [-0.1, -0.05) is 0 Å². The lowest BCUT2D eigenvalue weighted by molar-refractivity contribution is 0.0636. The van der Waals surface area contributed by atoms with Gasteiger partial charge < -0.3 is 15.5 Å². The molecule has 0 radical (unpaired) electrons. The zero-order chi connectivity index (χ0) is 17.0. The molecule has 7 nitrogen and oxygen atoms in total. The van der Waals surface area contributed by atoms with Crippen molar-refractivity contribution in [3.05, 3.63) is 36.2 Å². The lowest BCUT2D eigenvalue weighted by Gasteiger charge is -2.20. The number of ether oxygens (including phenoxy) is 1. The minimum absolute atomic E-state index is 0.521. The zero-order valence-corrected chi connectivity index (χ0v) is 13.7. The van der Waals surface area contributed by atoms with Crippen molar-refractivity contribution in [2.45, 2.75) is 26.4 Å². The van der Waals surface area contributed by atoms with E-state index >= 15 is 0 Å². The number of hydrogen-bond donors (Lipinski definition) is 3. The Hall–Kier alpha value is -2.83. The Morgan fingerprint density at radius 2 is 2.09 bits per heavy atom. The van der Waals surface area contributed by atoms with Crippen molar-refractivity contribution in [3.63, 3.8) is 0 Å². The normalized spacial score (nSPS) is 11.0. The molecule has 122 valence electrons. The van der Waals surface area contributed by atoms with Gasteiger partial charge in [0.25, 0.3) is 0 Å². The predicted molar refractivity (Wildman–Crippen MR) is 90.7 cm³/mol. The van der Waals surface area contributed by atoms with E-state index in [2.05, 4.69) is 15.7 Å². The van der Waals surface area contributed by atoms with Gasteiger partial charge in [-0.05, 0) is 39.0 Å². The Balaban J connectivity index is 2.18. The lowest BCUT2D eigenvalue weighted by atomic mass is 10.1. The fraction of sp³-hybridized carbons (Fsp3) is 0.312. The van der Waals surface area contributed by atoms with E-state index in [1.165, 1.54) is 6.21 Å². The first kappa shape index (κ1) is 16.5. The van der Waals surface area contributed by atoms with Crippen molar-refractivity contribution < 1.29 is 9.53 Å². The molecule has 3 N–H and O–H groups in total. The molecule has 0 fully saturated rings. The first-order chi connectivity index (χ1) is 10.8. The molecule has 0 aliphatic heterocycles. The molecule has 1 aromatic heterocycles. The first-order valence-electron chi connectivity index (χ1n) is 7.17. The third-order valence-corrected chi connectivity index (χ3v) is 2.84. The summed E-state index contributed by atoms with van der Waals surface area (Å²) in [5.41, 5.74) is 2.21. The van der Waals surface area contributed by atoms with Crippen LogP contribution in [0.5, 0.6) is 0 Å². The molecule has 1 amide bonds. The average Bonchev–Trinajstić information content (AvgIpc) is 2.82. The highest BCUT2D eigenvalue weighted by molar-refractivity contribution is 5.91. The smallest absolute Gasteiger partial charge is 0.412 e. The van der Waals surface area contributed by atoms with Crippen molar-refractivity contribution in [3.8, 4) is 0 Å². The molecular formula is C16H21N5O2. The number of carbonyl (C=O) groups excluding carboxylic acids is 1. The number of amides is 1. The second kappa shape index (κ2) is 6.51. The topological polar surface area (TPSA) is 92.0 Å². The number of nitrogens with one attached hydrogen (secondary N) is 3. The summed E-state index contributed by atoms with van der Waals surface area (Å²) < 4.78 is 6.91. The molecule has 23 heavy (non-hydrogen) atoms. The molecule has 0 unspecified atom stereocenters. The van der Waals surface area contributed by atoms with E-state index in [4.69, 9.17) is 10.1 Å². The van der Waals surface area contributed by atoms with Gasteiger partial charge in [-0.15, -0.1) is 0 Å².